The quantitative estimate of drug-likeness (QED) is 0.0339. The average Bonchev–Trinajstić information content (AvgIpc) is 0.781. The van der Waals surface area contributed by atoms with Crippen LogP contribution in [0, 0.1) is 124 Å². The molecule has 6 N–H and O–H groups in total. The van der Waals surface area contributed by atoms with Gasteiger partial charge in [0.25, 0.3) is 3.79 Å². The fourth-order valence-corrected chi connectivity index (χ4v) is 23.2. The van der Waals surface area contributed by atoms with Crippen LogP contribution in [-0.2, 0) is 61.6 Å². The molecular weight excluding hydrogens is 1650 g/mol. The number of ether oxygens (including phenoxy) is 13. The van der Waals surface area contributed by atoms with E-state index < -0.39 is 10.1 Å². The average molecular weight is 1810 g/mol. The molecule has 0 saturated carbocycles. The molecule has 0 aromatic heterocycles. The van der Waals surface area contributed by atoms with Gasteiger partial charge < -0.3 is 87.1 Å². The second-order valence-corrected chi connectivity index (χ2v) is 44.3. The summed E-state index contributed by atoms with van der Waals surface area (Å²) >= 11 is 25.8. The van der Waals surface area contributed by atoms with E-state index in [-0.39, 0.29) is 186 Å². The Kier molecular flexibility index (Phi) is 48.9. The topological polar surface area (TPSA) is 245 Å². The fraction of sp³-hybridized carbons (Fsp3) is 0.922. The number of alkyl halides is 3. The van der Waals surface area contributed by atoms with E-state index in [9.17, 15) is 15.3 Å². The van der Waals surface area contributed by atoms with Crippen LogP contribution in [0.4, 0.5) is 0 Å². The number of fused-ring (bicyclic) bond motifs is 1. The third-order valence-electron chi connectivity index (χ3n) is 27.9. The third kappa shape index (κ3) is 29.6. The molecule has 9 fully saturated rings. The highest BCUT2D eigenvalue weighted by atomic mass is 35.6. The molecule has 10 rings (SSSR count). The second-order valence-electron chi connectivity index (χ2n) is 35.1. The molecule has 9 saturated heterocycles. The van der Waals surface area contributed by atoms with E-state index in [4.69, 9.17) is 112 Å². The summed E-state index contributed by atoms with van der Waals surface area (Å²) in [4.78, 5) is 0. The first kappa shape index (κ1) is 108. The molecule has 0 radical (unpaired) electrons. The van der Waals surface area contributed by atoms with Gasteiger partial charge in [0, 0.05) is 58.8 Å². The lowest BCUT2D eigenvalue weighted by Crippen LogP contribution is -2.55. The summed E-state index contributed by atoms with van der Waals surface area (Å²) in [5.74, 6) is 12.1. The highest BCUT2D eigenvalue weighted by Crippen LogP contribution is 2.48. The molecule has 0 aliphatic carbocycles. The zero-order chi connectivity index (χ0) is 87.8. The summed E-state index contributed by atoms with van der Waals surface area (Å²) in [7, 11) is 0. The van der Waals surface area contributed by atoms with Crippen molar-refractivity contribution in [2.45, 2.75) is 343 Å². The van der Waals surface area contributed by atoms with Crippen LogP contribution in [0.3, 0.4) is 0 Å². The number of nitrogens with one attached hydrogen (secondary N) is 1. The molecule has 0 amide bonds. The zero-order valence-electron chi connectivity index (χ0n) is 76.5. The van der Waals surface area contributed by atoms with E-state index in [1.807, 2.05) is 88.1 Å². The molecule has 19 nitrogen and oxygen atoms in total. The summed E-state index contributed by atoms with van der Waals surface area (Å²) in [5.41, 5.74) is 1.73. The SMILES string of the molecule is CCC1O[C@H](OC(=N)C(Cl)(Cl)Cl)C(C)[C@@H](C)[C@@H]1C.CCS[C@H]1OC(CO)[C@@H](C)[C@H](C)C1C.CCS[C@H]1OC(CO)[C@@H](C)[C@H](O)C1C.CCS[C@H]1OC(CO)[C@@H](C)[C@H](O)C1C.CCS[C@H]1OC(CO[C@H]2OC(CC)[C@@H](C)[C@H](C)C2C)[C@@H](C)[C@H](O[C@H]2O[C@@H](CC)[C@@H](C)C(C)C2C)C1C.CCS[C@H]1OC2COC(c3ccccc3)O[C@H]2[C@H](C)C1C. The summed E-state index contributed by atoms with van der Waals surface area (Å²) in [6.07, 6.45) is 1.51. The van der Waals surface area contributed by atoms with Gasteiger partial charge >= 0.3 is 0 Å². The maximum Gasteiger partial charge on any atom is 0.265 e. The van der Waals surface area contributed by atoms with Gasteiger partial charge in [0.05, 0.1) is 100 Å². The molecule has 0 bridgehead atoms. The van der Waals surface area contributed by atoms with Crippen LogP contribution in [0.1, 0.15) is 225 Å². The minimum atomic E-state index is -1.84. The van der Waals surface area contributed by atoms with Gasteiger partial charge in [-0.05, 0) is 113 Å². The highest BCUT2D eigenvalue weighted by molar-refractivity contribution is 8.00. The molecule has 41 atom stereocenters. The lowest BCUT2D eigenvalue weighted by atomic mass is 9.78. The first-order chi connectivity index (χ1) is 55.3. The Morgan fingerprint density at radius 1 is 0.385 bits per heavy atom. The van der Waals surface area contributed by atoms with Crippen LogP contribution in [0.15, 0.2) is 30.3 Å². The van der Waals surface area contributed by atoms with Crippen molar-refractivity contribution < 1.29 is 87.1 Å². The van der Waals surface area contributed by atoms with Crippen molar-refractivity contribution in [3.63, 3.8) is 0 Å². The van der Waals surface area contributed by atoms with Crippen LogP contribution in [-0.4, -0.2) is 216 Å². The van der Waals surface area contributed by atoms with Crippen LogP contribution in [0.2, 0.25) is 0 Å². The smallest absolute Gasteiger partial charge is 0.265 e. The molecule has 27 heteroatoms. The van der Waals surface area contributed by atoms with Crippen LogP contribution >= 0.6 is 93.6 Å². The molecule has 1 aromatic carbocycles. The van der Waals surface area contributed by atoms with Crippen molar-refractivity contribution in [3.8, 4) is 0 Å². The molecule has 0 spiro atoms. The molecule has 9 heterocycles. The Labute approximate surface area is 745 Å². The Morgan fingerprint density at radius 2 is 0.735 bits per heavy atom. The largest absolute Gasteiger partial charge is 0.448 e. The number of benzene rings is 1. The van der Waals surface area contributed by atoms with E-state index in [2.05, 4.69) is 171 Å². The summed E-state index contributed by atoms with van der Waals surface area (Å²) in [6.45, 7) is 62.4. The van der Waals surface area contributed by atoms with Crippen molar-refractivity contribution >= 4 is 99.5 Å². The lowest BCUT2D eigenvalue weighted by Gasteiger charge is -2.49. The Bertz CT molecular complexity index is 2760. The summed E-state index contributed by atoms with van der Waals surface area (Å²) in [5, 5.41) is 54.9. The maximum atomic E-state index is 9.94. The summed E-state index contributed by atoms with van der Waals surface area (Å²) < 4.78 is 78.1. The van der Waals surface area contributed by atoms with Crippen molar-refractivity contribution in [1.82, 2.24) is 0 Å². The van der Waals surface area contributed by atoms with E-state index >= 15 is 0 Å². The first-order valence-electron chi connectivity index (χ1n) is 44.7. The highest BCUT2D eigenvalue weighted by Gasteiger charge is 2.51. The lowest BCUT2D eigenvalue weighted by molar-refractivity contribution is -0.300. The minimum Gasteiger partial charge on any atom is -0.448 e. The van der Waals surface area contributed by atoms with E-state index in [0.717, 1.165) is 53.6 Å². The molecule has 117 heavy (non-hydrogen) atoms. The Hall–Kier alpha value is 0.630. The van der Waals surface area contributed by atoms with E-state index in [1.165, 1.54) is 0 Å². The number of thioether (sulfide) groups is 5. The normalized spacial score (nSPS) is 44.1. The summed E-state index contributed by atoms with van der Waals surface area (Å²) in [6, 6.07) is 10.2. The van der Waals surface area contributed by atoms with Crippen molar-refractivity contribution in [2.24, 2.45) is 118 Å². The maximum absolute atomic E-state index is 9.94. The first-order valence-corrected chi connectivity index (χ1v) is 51.1. The minimum absolute atomic E-state index is 0.00821. The fourth-order valence-electron chi connectivity index (χ4n) is 17.8. The van der Waals surface area contributed by atoms with Gasteiger partial charge in [-0.1, -0.05) is 259 Å². The van der Waals surface area contributed by atoms with Crippen molar-refractivity contribution in [1.29, 1.82) is 5.41 Å². The van der Waals surface area contributed by atoms with Gasteiger partial charge in [0.15, 0.2) is 18.9 Å². The van der Waals surface area contributed by atoms with Gasteiger partial charge in [-0.15, -0.1) is 58.8 Å². The van der Waals surface area contributed by atoms with Crippen molar-refractivity contribution in [3.05, 3.63) is 35.9 Å². The van der Waals surface area contributed by atoms with Gasteiger partial charge in [0.2, 0.25) is 12.2 Å². The number of halogens is 3. The molecule has 686 valence electrons. The number of rotatable bonds is 23. The van der Waals surface area contributed by atoms with Gasteiger partial charge in [-0.3, -0.25) is 5.41 Å². The molecule has 9 aliphatic heterocycles. The standard InChI is InChI=1S/C30H56O5S.C17H24O3S.C12H20Cl3NO2.C11H22O2S.2C10H20O3S/c1-12-24-18(6)16(4)20(8)28(32-24)31-15-26-22(10)27(23(11)30(34-26)36-14-3)35-29-21(9)17(5)19(7)25(13-2)33-29;1-4-21-17-12(3)11(2)15-14(19-17)10-18-16(20-15)13-8-6-5-7-9-13;1-5-9-7(3)6(2)8(4)10(17-9)18-11(16)12(13,14)15;1-5-14-11-9(4)7(2)8(3)10(6-12)13-11;2*1-4-14-10-7(3)9(12)6(2)8(5-11)13-10/h16-30H,12-15H2,1-11H3;5-9,11-12,14-17H,4,10H2,1-3H3;6-10,16H,5H2,1-4H3;7-12H,5-6H2,1-4H3;2*6-12H,4-5H2,1-3H3/t16-,17?,18-,19-,20?,21?,22+,23?,24?,25-,26?,27-,28-,29+,30+;11-,12?,14?,15+,16?,17-;6-,7-,8?,9?,10+;7-,8-,9?,10?,11+;2*6-,7?,8?,9+,10-/m010011/s1. The van der Waals surface area contributed by atoms with Gasteiger partial charge in [0.1, 0.15) is 33.3 Å². The second kappa shape index (κ2) is 52.9. The molecule has 1 aromatic rings. The van der Waals surface area contributed by atoms with Crippen LogP contribution < -0.4 is 0 Å². The zero-order valence-corrected chi connectivity index (χ0v) is 82.8. The molecule has 9 aliphatic rings. The number of hydrogen-bond donors (Lipinski definition) is 6. The van der Waals surface area contributed by atoms with Crippen LogP contribution in [0.25, 0.3) is 0 Å². The van der Waals surface area contributed by atoms with Crippen molar-refractivity contribution in [2.75, 3.05) is 61.8 Å². The van der Waals surface area contributed by atoms with E-state index in [0.29, 0.717) is 90.1 Å². The predicted octanol–water partition coefficient (Wildman–Crippen LogP) is 20.0. The Morgan fingerprint density at radius 3 is 1.15 bits per heavy atom. The predicted molar refractivity (Wildman–Crippen MR) is 487 cm³/mol. The molecular formula is C90H162Cl3NO18S5. The Balaban J connectivity index is 0.000000262. The van der Waals surface area contributed by atoms with Gasteiger partial charge in [-0.2, -0.15) is 0 Å². The van der Waals surface area contributed by atoms with Crippen LogP contribution in [0.5, 0.6) is 0 Å². The number of hydrogen-bond acceptors (Lipinski definition) is 24. The monoisotopic (exact) mass is 1810 g/mol. The van der Waals surface area contributed by atoms with Gasteiger partial charge in [-0.25, -0.2) is 0 Å². The third-order valence-corrected chi connectivity index (χ3v) is 34.5. The van der Waals surface area contributed by atoms with E-state index in [1.54, 1.807) is 23.5 Å². The number of aliphatic hydroxyl groups is 5. The number of aliphatic hydroxyl groups excluding tert-OH is 5. The molecule has 17 unspecified atom stereocenters.